The largest absolute Gasteiger partial charge is 0.368 e. The van der Waals surface area contributed by atoms with Crippen molar-refractivity contribution in [3.63, 3.8) is 0 Å². The van der Waals surface area contributed by atoms with Crippen LogP contribution in [0.25, 0.3) is 0 Å². The molecule has 110 valence electrons. The van der Waals surface area contributed by atoms with Gasteiger partial charge in [0.2, 0.25) is 0 Å². The van der Waals surface area contributed by atoms with E-state index in [2.05, 4.69) is 27.2 Å². The molecule has 0 spiro atoms. The summed E-state index contributed by atoms with van der Waals surface area (Å²) < 4.78 is 0. The van der Waals surface area contributed by atoms with Crippen LogP contribution in [-0.2, 0) is 0 Å². The minimum atomic E-state index is 0.728. The van der Waals surface area contributed by atoms with Crippen LogP contribution in [0, 0.1) is 0 Å². The predicted octanol–water partition coefficient (Wildman–Crippen LogP) is 2.60. The molecule has 20 heavy (non-hydrogen) atoms. The van der Waals surface area contributed by atoms with Crippen LogP contribution in [0.4, 0.5) is 5.69 Å². The molecule has 4 heteroatoms. The summed E-state index contributed by atoms with van der Waals surface area (Å²) in [6.45, 7) is 6.82. The summed E-state index contributed by atoms with van der Waals surface area (Å²) >= 11 is 6.30. The van der Waals surface area contributed by atoms with Gasteiger partial charge in [0.25, 0.3) is 0 Å². The van der Waals surface area contributed by atoms with Crippen molar-refractivity contribution in [1.29, 1.82) is 0 Å². The van der Waals surface area contributed by atoms with E-state index in [9.17, 15) is 0 Å². The Kier molecular flexibility index (Phi) is 4.81. The van der Waals surface area contributed by atoms with Gasteiger partial charge in [0.1, 0.15) is 0 Å². The lowest BCUT2D eigenvalue weighted by atomic mass is 10.1. The van der Waals surface area contributed by atoms with Crippen LogP contribution in [0.2, 0.25) is 5.02 Å². The Morgan fingerprint density at radius 1 is 1.05 bits per heavy atom. The summed E-state index contributed by atoms with van der Waals surface area (Å²) in [6, 6.07) is 8.91. The maximum atomic E-state index is 6.30. The van der Waals surface area contributed by atoms with Crippen LogP contribution in [0.1, 0.15) is 19.3 Å². The molecule has 2 heterocycles. The molecule has 2 saturated heterocycles. The van der Waals surface area contributed by atoms with E-state index in [1.165, 1.54) is 31.5 Å². The van der Waals surface area contributed by atoms with E-state index < -0.39 is 0 Å². The van der Waals surface area contributed by atoms with E-state index in [0.29, 0.717) is 0 Å². The molecule has 2 aliphatic rings. The molecule has 3 rings (SSSR count). The highest BCUT2D eigenvalue weighted by molar-refractivity contribution is 6.33. The number of piperazine rings is 1. The zero-order valence-electron chi connectivity index (χ0n) is 12.0. The van der Waals surface area contributed by atoms with Gasteiger partial charge < -0.3 is 10.2 Å². The van der Waals surface area contributed by atoms with Crippen LogP contribution in [0.15, 0.2) is 24.3 Å². The highest BCUT2D eigenvalue weighted by atomic mass is 35.5. The monoisotopic (exact) mass is 293 g/mol. The Morgan fingerprint density at radius 3 is 2.65 bits per heavy atom. The van der Waals surface area contributed by atoms with Crippen molar-refractivity contribution < 1.29 is 0 Å². The van der Waals surface area contributed by atoms with E-state index in [1.807, 2.05) is 12.1 Å². The number of hydrogen-bond acceptors (Lipinski definition) is 3. The lowest BCUT2D eigenvalue weighted by molar-refractivity contribution is 0.177. The highest BCUT2D eigenvalue weighted by Crippen LogP contribution is 2.26. The fourth-order valence-corrected chi connectivity index (χ4v) is 3.60. The first kappa shape index (κ1) is 14.2. The molecule has 2 fully saturated rings. The molecule has 3 nitrogen and oxygen atoms in total. The number of para-hydroxylation sites is 1. The van der Waals surface area contributed by atoms with Crippen LogP contribution < -0.4 is 10.2 Å². The summed E-state index contributed by atoms with van der Waals surface area (Å²) in [5.41, 5.74) is 1.19. The first-order valence-corrected chi connectivity index (χ1v) is 8.16. The van der Waals surface area contributed by atoms with E-state index in [0.717, 1.165) is 43.8 Å². The number of nitrogens with one attached hydrogen (secondary N) is 1. The van der Waals surface area contributed by atoms with Crippen molar-refractivity contribution in [3.05, 3.63) is 29.3 Å². The van der Waals surface area contributed by atoms with E-state index in [4.69, 9.17) is 11.6 Å². The summed E-state index contributed by atoms with van der Waals surface area (Å²) in [7, 11) is 0. The highest BCUT2D eigenvalue weighted by Gasteiger charge is 2.25. The molecule has 1 aromatic rings. The number of nitrogens with zero attached hydrogens (tertiary/aromatic N) is 2. The maximum absolute atomic E-state index is 6.30. The quantitative estimate of drug-likeness (QED) is 0.904. The molecule has 0 bridgehead atoms. The molecule has 2 aliphatic heterocycles. The topological polar surface area (TPSA) is 18.5 Å². The van der Waals surface area contributed by atoms with Gasteiger partial charge in [0, 0.05) is 38.8 Å². The fraction of sp³-hybridized carbons (Fsp3) is 0.625. The molecule has 0 amide bonds. The van der Waals surface area contributed by atoms with E-state index >= 15 is 0 Å². The predicted molar refractivity (Wildman–Crippen MR) is 85.7 cm³/mol. The molecular weight excluding hydrogens is 270 g/mol. The lowest BCUT2D eigenvalue weighted by Crippen LogP contribution is -2.52. The summed E-state index contributed by atoms with van der Waals surface area (Å²) in [4.78, 5) is 5.08. The smallest absolute Gasteiger partial charge is 0.0639 e. The second-order valence-electron chi connectivity index (χ2n) is 5.83. The van der Waals surface area contributed by atoms with Gasteiger partial charge in [-0.25, -0.2) is 0 Å². The lowest BCUT2D eigenvalue weighted by Gasteiger charge is -2.40. The number of halogens is 1. The van der Waals surface area contributed by atoms with E-state index in [1.54, 1.807) is 0 Å². The Hall–Kier alpha value is -0.770. The third-order valence-electron chi connectivity index (χ3n) is 4.54. The average molecular weight is 294 g/mol. The second-order valence-corrected chi connectivity index (χ2v) is 6.24. The third-order valence-corrected chi connectivity index (χ3v) is 4.86. The summed E-state index contributed by atoms with van der Waals surface area (Å²) in [5, 5.41) is 4.44. The molecule has 1 unspecified atom stereocenters. The Balaban J connectivity index is 1.58. The first-order valence-electron chi connectivity index (χ1n) is 7.79. The maximum Gasteiger partial charge on any atom is 0.0639 e. The standard InChI is InChI=1S/C16H24ClN3/c17-15-6-1-2-7-16(15)20-11-9-19(10-12-20)14-5-3-4-8-18-13-14/h1-2,6-7,14,18H,3-5,8-13H2. The average Bonchev–Trinajstić information content (AvgIpc) is 2.77. The fourth-order valence-electron chi connectivity index (χ4n) is 3.35. The molecular formula is C16H24ClN3. The van der Waals surface area contributed by atoms with Gasteiger partial charge in [-0.1, -0.05) is 30.2 Å². The third kappa shape index (κ3) is 3.27. The zero-order valence-corrected chi connectivity index (χ0v) is 12.8. The molecule has 0 aromatic heterocycles. The van der Waals surface area contributed by atoms with Gasteiger partial charge in [-0.05, 0) is 31.5 Å². The summed E-state index contributed by atoms with van der Waals surface area (Å²) in [6.07, 6.45) is 4.04. The normalized spacial score (nSPS) is 25.4. The van der Waals surface area contributed by atoms with Gasteiger partial charge in [-0.2, -0.15) is 0 Å². The Morgan fingerprint density at radius 2 is 1.85 bits per heavy atom. The molecule has 0 radical (unpaired) electrons. The van der Waals surface area contributed by atoms with E-state index in [-0.39, 0.29) is 0 Å². The van der Waals surface area contributed by atoms with Crippen LogP contribution >= 0.6 is 11.6 Å². The van der Waals surface area contributed by atoms with Crippen LogP contribution in [0.5, 0.6) is 0 Å². The molecule has 0 aliphatic carbocycles. The number of hydrogen-bond donors (Lipinski definition) is 1. The van der Waals surface area contributed by atoms with Crippen molar-refractivity contribution in [2.45, 2.75) is 25.3 Å². The number of rotatable bonds is 2. The van der Waals surface area contributed by atoms with Gasteiger partial charge in [-0.3, -0.25) is 4.90 Å². The Labute approximate surface area is 126 Å². The van der Waals surface area contributed by atoms with Crippen molar-refractivity contribution in [2.75, 3.05) is 44.2 Å². The van der Waals surface area contributed by atoms with Gasteiger partial charge in [-0.15, -0.1) is 0 Å². The Bertz CT molecular complexity index is 421. The van der Waals surface area contributed by atoms with Gasteiger partial charge in [0.15, 0.2) is 0 Å². The van der Waals surface area contributed by atoms with Crippen LogP contribution in [0.3, 0.4) is 0 Å². The van der Waals surface area contributed by atoms with Gasteiger partial charge in [0.05, 0.1) is 10.7 Å². The second kappa shape index (κ2) is 6.79. The number of anilines is 1. The molecule has 1 atom stereocenters. The van der Waals surface area contributed by atoms with Crippen molar-refractivity contribution in [2.24, 2.45) is 0 Å². The molecule has 0 saturated carbocycles. The molecule has 1 aromatic carbocycles. The first-order chi connectivity index (χ1) is 9.84. The number of benzene rings is 1. The minimum Gasteiger partial charge on any atom is -0.368 e. The summed E-state index contributed by atoms with van der Waals surface area (Å²) in [5.74, 6) is 0. The van der Waals surface area contributed by atoms with Crippen LogP contribution in [-0.4, -0.2) is 50.2 Å². The molecule has 1 N–H and O–H groups in total. The van der Waals surface area contributed by atoms with Crippen molar-refractivity contribution in [3.8, 4) is 0 Å². The van der Waals surface area contributed by atoms with Crippen molar-refractivity contribution in [1.82, 2.24) is 10.2 Å². The minimum absolute atomic E-state index is 0.728. The van der Waals surface area contributed by atoms with Crippen molar-refractivity contribution >= 4 is 17.3 Å². The zero-order chi connectivity index (χ0) is 13.8. The SMILES string of the molecule is Clc1ccccc1N1CCN(C2CCCCNC2)CC1. The van der Waals surface area contributed by atoms with Gasteiger partial charge >= 0.3 is 0 Å².